The Morgan fingerprint density at radius 1 is 0.914 bits per heavy atom. The van der Waals surface area contributed by atoms with Gasteiger partial charge in [0.2, 0.25) is 5.95 Å². The number of amides is 2. The predicted molar refractivity (Wildman–Crippen MR) is 127 cm³/mol. The lowest BCUT2D eigenvalue weighted by molar-refractivity contribution is 0.262. The van der Waals surface area contributed by atoms with Crippen LogP contribution in [-0.4, -0.2) is 25.8 Å². The van der Waals surface area contributed by atoms with Crippen LogP contribution in [0.1, 0.15) is 20.8 Å². The molecule has 0 atom stereocenters. The Hall–Kier alpha value is -4.41. The number of nitrogens with two attached hydrogens (primary N) is 1. The first-order chi connectivity index (χ1) is 16.5. The first-order valence-electron chi connectivity index (χ1n) is 10.5. The maximum atomic E-state index is 15.0. The second-order valence-corrected chi connectivity index (χ2v) is 8.71. The number of hydrogen-bond donors (Lipinski definition) is 3. The third-order valence-electron chi connectivity index (χ3n) is 5.01. The summed E-state index contributed by atoms with van der Waals surface area (Å²) in [5.74, 6) is -2.63. The van der Waals surface area contributed by atoms with Gasteiger partial charge in [0, 0.05) is 41.0 Å². The highest BCUT2D eigenvalue weighted by Gasteiger charge is 2.23. The Morgan fingerprint density at radius 3 is 2.20 bits per heavy atom. The zero-order valence-corrected chi connectivity index (χ0v) is 19.1. The lowest BCUT2D eigenvalue weighted by Gasteiger charge is -2.18. The zero-order chi connectivity index (χ0) is 25.3. The maximum absolute atomic E-state index is 15.0. The van der Waals surface area contributed by atoms with E-state index >= 15 is 4.39 Å². The molecule has 0 saturated heterocycles. The van der Waals surface area contributed by atoms with Crippen LogP contribution in [-0.2, 0) is 5.54 Å². The van der Waals surface area contributed by atoms with E-state index in [0.29, 0.717) is 17.0 Å². The Labute approximate surface area is 199 Å². The normalized spacial score (nSPS) is 11.4. The smallest absolute Gasteiger partial charge is 0.323 e. The van der Waals surface area contributed by atoms with E-state index in [-0.39, 0.29) is 22.9 Å². The van der Waals surface area contributed by atoms with Crippen LogP contribution in [0.2, 0.25) is 0 Å². The highest BCUT2D eigenvalue weighted by atomic mass is 19.2. The molecule has 0 aliphatic heterocycles. The number of nitrogen functional groups attached to an aromatic ring is 1. The third-order valence-corrected chi connectivity index (χ3v) is 5.01. The van der Waals surface area contributed by atoms with Crippen molar-refractivity contribution in [2.24, 2.45) is 0 Å². The van der Waals surface area contributed by atoms with Crippen molar-refractivity contribution in [3.8, 4) is 22.5 Å². The first kappa shape index (κ1) is 23.7. The van der Waals surface area contributed by atoms with Crippen molar-refractivity contribution in [3.05, 3.63) is 72.3 Å². The number of nitrogens with one attached hydrogen (secondary N) is 2. The summed E-state index contributed by atoms with van der Waals surface area (Å²) in [5.41, 5.74) is 7.03. The van der Waals surface area contributed by atoms with Crippen molar-refractivity contribution < 1.29 is 18.0 Å². The number of halogens is 3. The molecule has 4 rings (SSSR count). The summed E-state index contributed by atoms with van der Waals surface area (Å²) >= 11 is 0. The SMILES string of the molecule is CC(C)(C)n1cc(-c2cc(NC(=O)Nc3ccc(F)c(F)c3)ccc2F)c(-c2ccnc(N)n2)n1. The van der Waals surface area contributed by atoms with Gasteiger partial charge in [-0.3, -0.25) is 4.68 Å². The Balaban J connectivity index is 1.69. The van der Waals surface area contributed by atoms with Crippen molar-refractivity contribution in [2.45, 2.75) is 26.3 Å². The Morgan fingerprint density at radius 2 is 1.57 bits per heavy atom. The molecule has 2 amide bonds. The molecule has 2 heterocycles. The number of carbonyl (C=O) groups is 1. The molecule has 35 heavy (non-hydrogen) atoms. The molecule has 0 fully saturated rings. The molecule has 0 aliphatic rings. The molecule has 0 radical (unpaired) electrons. The van der Waals surface area contributed by atoms with Gasteiger partial charge in [0.1, 0.15) is 11.5 Å². The summed E-state index contributed by atoms with van der Waals surface area (Å²) in [5, 5.41) is 9.57. The van der Waals surface area contributed by atoms with E-state index in [4.69, 9.17) is 5.73 Å². The molecule has 8 nitrogen and oxygen atoms in total. The van der Waals surface area contributed by atoms with Gasteiger partial charge in [-0.05, 0) is 57.2 Å². The van der Waals surface area contributed by atoms with Crippen LogP contribution in [0.25, 0.3) is 22.5 Å². The number of nitrogens with zero attached hydrogens (tertiary/aromatic N) is 4. The number of aromatic nitrogens is 4. The van der Waals surface area contributed by atoms with Crippen LogP contribution in [0.3, 0.4) is 0 Å². The summed E-state index contributed by atoms with van der Waals surface area (Å²) < 4.78 is 43.2. The Kier molecular flexibility index (Phi) is 6.16. The number of hydrogen-bond acceptors (Lipinski definition) is 5. The minimum atomic E-state index is -1.10. The van der Waals surface area contributed by atoms with Crippen molar-refractivity contribution in [2.75, 3.05) is 16.4 Å². The second kappa shape index (κ2) is 9.09. The van der Waals surface area contributed by atoms with Crippen molar-refractivity contribution >= 4 is 23.4 Å². The standard InChI is InChI=1S/C24H22F3N7O/c1-24(2,3)34-12-16(21(33-34)20-8-9-29-22(28)32-20)15-10-13(4-6-17(15)25)30-23(35)31-14-5-7-18(26)19(27)11-14/h4-12H,1-3H3,(H2,28,29,32)(H2,30,31,35). The van der Waals surface area contributed by atoms with Gasteiger partial charge in [-0.1, -0.05) is 0 Å². The second-order valence-electron chi connectivity index (χ2n) is 8.71. The van der Waals surface area contributed by atoms with Gasteiger partial charge < -0.3 is 16.4 Å². The van der Waals surface area contributed by atoms with E-state index < -0.39 is 29.0 Å². The largest absolute Gasteiger partial charge is 0.368 e. The molecule has 0 saturated carbocycles. The summed E-state index contributed by atoms with van der Waals surface area (Å²) in [6.45, 7) is 5.83. The summed E-state index contributed by atoms with van der Waals surface area (Å²) in [7, 11) is 0. The van der Waals surface area contributed by atoms with Crippen LogP contribution in [0.15, 0.2) is 54.9 Å². The molecule has 0 bridgehead atoms. The predicted octanol–water partition coefficient (Wildman–Crippen LogP) is 5.41. The van der Waals surface area contributed by atoms with Gasteiger partial charge in [-0.15, -0.1) is 0 Å². The van der Waals surface area contributed by atoms with Crippen LogP contribution < -0.4 is 16.4 Å². The summed E-state index contributed by atoms with van der Waals surface area (Å²) in [6.07, 6.45) is 3.17. The average Bonchev–Trinajstić information content (AvgIpc) is 3.23. The Bertz CT molecular complexity index is 1410. The fourth-order valence-electron chi connectivity index (χ4n) is 3.29. The molecule has 0 spiro atoms. The van der Waals surface area contributed by atoms with Crippen LogP contribution in [0, 0.1) is 17.5 Å². The number of anilines is 3. The van der Waals surface area contributed by atoms with E-state index in [0.717, 1.165) is 12.1 Å². The van der Waals surface area contributed by atoms with Gasteiger partial charge in [0.05, 0.1) is 11.2 Å². The highest BCUT2D eigenvalue weighted by Crippen LogP contribution is 2.35. The van der Waals surface area contributed by atoms with E-state index in [2.05, 4.69) is 25.7 Å². The lowest BCUT2D eigenvalue weighted by atomic mass is 10.0. The number of benzene rings is 2. The van der Waals surface area contributed by atoms with Gasteiger partial charge in [0.25, 0.3) is 0 Å². The van der Waals surface area contributed by atoms with Crippen molar-refractivity contribution in [1.29, 1.82) is 0 Å². The van der Waals surface area contributed by atoms with Gasteiger partial charge >= 0.3 is 6.03 Å². The lowest BCUT2D eigenvalue weighted by Crippen LogP contribution is -2.22. The number of urea groups is 1. The molecule has 4 aromatic rings. The topological polar surface area (TPSA) is 111 Å². The molecule has 11 heteroatoms. The zero-order valence-electron chi connectivity index (χ0n) is 19.1. The quantitative estimate of drug-likeness (QED) is 0.361. The molecular formula is C24H22F3N7O. The fraction of sp³-hybridized carbons (Fsp3) is 0.167. The summed E-state index contributed by atoms with van der Waals surface area (Å²) in [4.78, 5) is 20.5. The fourth-order valence-corrected chi connectivity index (χ4v) is 3.29. The molecule has 2 aromatic carbocycles. The minimum Gasteiger partial charge on any atom is -0.368 e. The first-order valence-corrected chi connectivity index (χ1v) is 10.5. The summed E-state index contributed by atoms with van der Waals surface area (Å²) in [6, 6.07) is 7.88. The molecule has 180 valence electrons. The molecule has 2 aromatic heterocycles. The molecular weight excluding hydrogens is 459 g/mol. The van der Waals surface area contributed by atoms with Crippen molar-refractivity contribution in [1.82, 2.24) is 19.7 Å². The van der Waals surface area contributed by atoms with Crippen LogP contribution in [0.5, 0.6) is 0 Å². The highest BCUT2D eigenvalue weighted by molar-refractivity contribution is 6.00. The van der Waals surface area contributed by atoms with Gasteiger partial charge in [-0.25, -0.2) is 27.9 Å². The molecule has 0 aliphatic carbocycles. The third kappa shape index (κ3) is 5.24. The van der Waals surface area contributed by atoms with E-state index in [1.807, 2.05) is 20.8 Å². The average molecular weight is 481 g/mol. The van der Waals surface area contributed by atoms with E-state index in [1.165, 1.54) is 30.5 Å². The van der Waals surface area contributed by atoms with E-state index in [1.54, 1.807) is 16.9 Å². The van der Waals surface area contributed by atoms with Crippen LogP contribution >= 0.6 is 0 Å². The number of carbonyl (C=O) groups excluding carboxylic acids is 1. The molecule has 0 unspecified atom stereocenters. The maximum Gasteiger partial charge on any atom is 0.323 e. The monoisotopic (exact) mass is 481 g/mol. The number of rotatable bonds is 4. The van der Waals surface area contributed by atoms with Crippen LogP contribution in [0.4, 0.5) is 35.3 Å². The van der Waals surface area contributed by atoms with Gasteiger partial charge in [-0.2, -0.15) is 5.10 Å². The molecule has 4 N–H and O–H groups in total. The van der Waals surface area contributed by atoms with E-state index in [9.17, 15) is 13.6 Å². The van der Waals surface area contributed by atoms with Crippen molar-refractivity contribution in [3.63, 3.8) is 0 Å². The van der Waals surface area contributed by atoms with Gasteiger partial charge in [0.15, 0.2) is 11.6 Å². The minimum absolute atomic E-state index is 0.0450.